The first-order chi connectivity index (χ1) is 9.24. The van der Waals surface area contributed by atoms with Crippen molar-refractivity contribution in [2.75, 3.05) is 6.61 Å². The van der Waals surface area contributed by atoms with Crippen LogP contribution in [0.2, 0.25) is 0 Å². The van der Waals surface area contributed by atoms with E-state index in [0.717, 1.165) is 5.56 Å². The normalized spacial score (nSPS) is 22.5. The highest BCUT2D eigenvalue weighted by Crippen LogP contribution is 2.36. The van der Waals surface area contributed by atoms with Crippen molar-refractivity contribution >= 4 is 5.88 Å². The van der Waals surface area contributed by atoms with Crippen LogP contribution in [0, 0.1) is 10.1 Å². The Morgan fingerprint density at radius 2 is 1.95 bits per heavy atom. The molecule has 0 N–H and O–H groups in total. The summed E-state index contributed by atoms with van der Waals surface area (Å²) in [4.78, 5) is 9.95. The van der Waals surface area contributed by atoms with Crippen LogP contribution in [0.1, 0.15) is 23.7 Å². The van der Waals surface area contributed by atoms with E-state index in [0.29, 0.717) is 12.4 Å². The molecular weight excluding hydrogens is 250 g/mol. The molecule has 0 spiro atoms. The van der Waals surface area contributed by atoms with Crippen molar-refractivity contribution in [3.8, 4) is 0 Å². The maximum absolute atomic E-state index is 10.5. The van der Waals surface area contributed by atoms with Gasteiger partial charge in [0.25, 0.3) is 0 Å². The zero-order valence-corrected chi connectivity index (χ0v) is 9.89. The molecule has 1 aliphatic heterocycles. The molecule has 0 aliphatic carbocycles. The van der Waals surface area contributed by atoms with Crippen LogP contribution in [0.5, 0.6) is 0 Å². The molecule has 98 valence electrons. The SMILES string of the molecule is O=[N+]([O-])c1ccc(C2OCC(c3ccccc3)O2)o1. The van der Waals surface area contributed by atoms with Gasteiger partial charge in [-0.2, -0.15) is 0 Å². The third-order valence-corrected chi connectivity index (χ3v) is 2.88. The number of rotatable bonds is 3. The van der Waals surface area contributed by atoms with Crippen molar-refractivity contribution in [1.82, 2.24) is 0 Å². The molecule has 3 rings (SSSR count). The lowest BCUT2D eigenvalue weighted by Crippen LogP contribution is -2.00. The van der Waals surface area contributed by atoms with Gasteiger partial charge in [0.05, 0.1) is 12.7 Å². The lowest BCUT2D eigenvalue weighted by atomic mass is 10.1. The summed E-state index contributed by atoms with van der Waals surface area (Å²) < 4.78 is 16.2. The number of nitrogens with zero attached hydrogens (tertiary/aromatic N) is 1. The Labute approximate surface area is 108 Å². The maximum atomic E-state index is 10.5. The third kappa shape index (κ3) is 2.35. The zero-order valence-electron chi connectivity index (χ0n) is 9.89. The fraction of sp³-hybridized carbons (Fsp3) is 0.231. The van der Waals surface area contributed by atoms with Gasteiger partial charge in [-0.1, -0.05) is 30.3 Å². The van der Waals surface area contributed by atoms with E-state index in [4.69, 9.17) is 13.9 Å². The molecule has 1 saturated heterocycles. The predicted octanol–water partition coefficient (Wildman–Crippen LogP) is 2.97. The molecule has 6 nitrogen and oxygen atoms in total. The van der Waals surface area contributed by atoms with Gasteiger partial charge in [-0.3, -0.25) is 10.1 Å². The molecule has 19 heavy (non-hydrogen) atoms. The second-order valence-electron chi connectivity index (χ2n) is 4.13. The van der Waals surface area contributed by atoms with Crippen LogP contribution in [0.15, 0.2) is 46.9 Å². The Kier molecular flexibility index (Phi) is 3.02. The Hall–Kier alpha value is -2.18. The molecule has 2 unspecified atom stereocenters. The number of nitro groups is 1. The van der Waals surface area contributed by atoms with E-state index in [1.807, 2.05) is 30.3 Å². The van der Waals surface area contributed by atoms with Crippen molar-refractivity contribution in [3.05, 3.63) is 63.9 Å². The fourth-order valence-corrected chi connectivity index (χ4v) is 1.96. The summed E-state index contributed by atoms with van der Waals surface area (Å²) in [5.74, 6) is -0.00417. The van der Waals surface area contributed by atoms with Crippen molar-refractivity contribution in [1.29, 1.82) is 0 Å². The van der Waals surface area contributed by atoms with Crippen molar-refractivity contribution in [3.63, 3.8) is 0 Å². The molecule has 0 radical (unpaired) electrons. The second kappa shape index (κ2) is 4.83. The molecule has 0 saturated carbocycles. The number of hydrogen-bond donors (Lipinski definition) is 0. The average Bonchev–Trinajstić information content (AvgIpc) is 3.09. The quantitative estimate of drug-likeness (QED) is 0.627. The lowest BCUT2D eigenvalue weighted by Gasteiger charge is -2.09. The van der Waals surface area contributed by atoms with Crippen LogP contribution in [-0.2, 0) is 9.47 Å². The topological polar surface area (TPSA) is 74.7 Å². The first-order valence-electron chi connectivity index (χ1n) is 5.80. The molecule has 2 heterocycles. The highest BCUT2D eigenvalue weighted by molar-refractivity contribution is 5.21. The van der Waals surface area contributed by atoms with E-state index in [9.17, 15) is 10.1 Å². The van der Waals surface area contributed by atoms with E-state index in [2.05, 4.69) is 0 Å². The Morgan fingerprint density at radius 1 is 1.16 bits per heavy atom. The Balaban J connectivity index is 1.73. The van der Waals surface area contributed by atoms with E-state index >= 15 is 0 Å². The predicted molar refractivity (Wildman–Crippen MR) is 64.3 cm³/mol. The van der Waals surface area contributed by atoms with Gasteiger partial charge in [-0.05, 0) is 11.6 Å². The van der Waals surface area contributed by atoms with Gasteiger partial charge >= 0.3 is 5.88 Å². The Bertz CT molecular complexity index is 580. The molecule has 2 atom stereocenters. The van der Waals surface area contributed by atoms with Crippen LogP contribution in [0.3, 0.4) is 0 Å². The summed E-state index contributed by atoms with van der Waals surface area (Å²) in [7, 11) is 0. The fourth-order valence-electron chi connectivity index (χ4n) is 1.96. The molecule has 2 aromatic rings. The first kappa shape index (κ1) is 11.9. The van der Waals surface area contributed by atoms with E-state index in [1.165, 1.54) is 12.1 Å². The molecule has 0 bridgehead atoms. The molecule has 1 aromatic carbocycles. The van der Waals surface area contributed by atoms with Crippen LogP contribution in [0.25, 0.3) is 0 Å². The standard InChI is InChI=1S/C13H11NO5/c15-14(16)12-7-6-10(18-12)13-17-8-11(19-13)9-4-2-1-3-5-9/h1-7,11,13H,8H2. The summed E-state index contributed by atoms with van der Waals surface area (Å²) in [6, 6.07) is 12.4. The maximum Gasteiger partial charge on any atom is 0.433 e. The minimum absolute atomic E-state index is 0.185. The van der Waals surface area contributed by atoms with Crippen LogP contribution >= 0.6 is 0 Å². The summed E-state index contributed by atoms with van der Waals surface area (Å²) in [6.07, 6.45) is -0.880. The van der Waals surface area contributed by atoms with Gasteiger partial charge in [0.2, 0.25) is 6.29 Å². The molecule has 1 aromatic heterocycles. The summed E-state index contributed by atoms with van der Waals surface area (Å²) in [5.41, 5.74) is 1.01. The van der Waals surface area contributed by atoms with Gasteiger partial charge in [0, 0.05) is 0 Å². The summed E-state index contributed by atoms with van der Waals surface area (Å²) in [6.45, 7) is 0.392. The molecular formula is C13H11NO5. The van der Waals surface area contributed by atoms with E-state index < -0.39 is 11.2 Å². The summed E-state index contributed by atoms with van der Waals surface area (Å²) >= 11 is 0. The van der Waals surface area contributed by atoms with Crippen molar-refractivity contribution in [2.45, 2.75) is 12.4 Å². The summed E-state index contributed by atoms with van der Waals surface area (Å²) in [5, 5.41) is 10.5. The van der Waals surface area contributed by atoms with Gasteiger partial charge in [0.15, 0.2) is 5.76 Å². The van der Waals surface area contributed by atoms with Crippen LogP contribution < -0.4 is 0 Å². The number of furan rings is 1. The minimum Gasteiger partial charge on any atom is -0.400 e. The van der Waals surface area contributed by atoms with Crippen molar-refractivity contribution in [2.24, 2.45) is 0 Å². The largest absolute Gasteiger partial charge is 0.433 e. The van der Waals surface area contributed by atoms with E-state index in [-0.39, 0.29) is 12.0 Å². The minimum atomic E-state index is -0.695. The first-order valence-corrected chi connectivity index (χ1v) is 5.80. The van der Waals surface area contributed by atoms with Gasteiger partial charge in [-0.15, -0.1) is 0 Å². The van der Waals surface area contributed by atoms with Gasteiger partial charge < -0.3 is 13.9 Å². The molecule has 1 aliphatic rings. The molecule has 6 heteroatoms. The number of ether oxygens (including phenoxy) is 2. The highest BCUT2D eigenvalue weighted by atomic mass is 16.7. The highest BCUT2D eigenvalue weighted by Gasteiger charge is 2.31. The van der Waals surface area contributed by atoms with Crippen molar-refractivity contribution < 1.29 is 18.8 Å². The molecule has 1 fully saturated rings. The van der Waals surface area contributed by atoms with Crippen LogP contribution in [0.4, 0.5) is 5.88 Å². The smallest absolute Gasteiger partial charge is 0.400 e. The monoisotopic (exact) mass is 261 g/mol. The number of benzene rings is 1. The van der Waals surface area contributed by atoms with Gasteiger partial charge in [0.1, 0.15) is 11.0 Å². The zero-order chi connectivity index (χ0) is 13.2. The third-order valence-electron chi connectivity index (χ3n) is 2.88. The van der Waals surface area contributed by atoms with Gasteiger partial charge in [-0.25, -0.2) is 0 Å². The number of hydrogen-bond acceptors (Lipinski definition) is 5. The second-order valence-corrected chi connectivity index (χ2v) is 4.13. The van der Waals surface area contributed by atoms with Crippen LogP contribution in [-0.4, -0.2) is 11.5 Å². The Morgan fingerprint density at radius 3 is 2.63 bits per heavy atom. The van der Waals surface area contributed by atoms with E-state index in [1.54, 1.807) is 0 Å². The lowest BCUT2D eigenvalue weighted by molar-refractivity contribution is -0.402. The average molecular weight is 261 g/mol. The molecule has 0 amide bonds.